The average Bonchev–Trinajstić information content (AvgIpc) is 3.12. The lowest BCUT2D eigenvalue weighted by Crippen LogP contribution is -2.42. The zero-order chi connectivity index (χ0) is 18.2. The Morgan fingerprint density at radius 2 is 2.24 bits per heavy atom. The van der Waals surface area contributed by atoms with Gasteiger partial charge in [-0.3, -0.25) is 19.4 Å². The number of hydrogen-bond acceptors (Lipinski definition) is 5. The molecule has 1 aromatic rings. The van der Waals surface area contributed by atoms with Crippen LogP contribution in [-0.4, -0.2) is 59.0 Å². The van der Waals surface area contributed by atoms with Crippen LogP contribution in [0.2, 0.25) is 0 Å². The van der Waals surface area contributed by atoms with Crippen molar-refractivity contribution in [2.24, 2.45) is 11.3 Å². The van der Waals surface area contributed by atoms with Gasteiger partial charge in [0.2, 0.25) is 5.91 Å². The first-order valence-electron chi connectivity index (χ1n) is 8.25. The van der Waals surface area contributed by atoms with Crippen molar-refractivity contribution in [1.82, 2.24) is 15.2 Å². The molecule has 0 unspecified atom stereocenters. The molecule has 1 aromatic heterocycles. The smallest absolute Gasteiger partial charge is 0.314 e. The fraction of sp³-hybridized carbons (Fsp3) is 0.529. The monoisotopic (exact) mass is 347 g/mol. The highest BCUT2D eigenvalue weighted by Crippen LogP contribution is 2.40. The molecule has 0 bridgehead atoms. The lowest BCUT2D eigenvalue weighted by atomic mass is 9.81. The van der Waals surface area contributed by atoms with Gasteiger partial charge in [-0.1, -0.05) is 6.92 Å². The van der Waals surface area contributed by atoms with Gasteiger partial charge in [0.15, 0.2) is 6.61 Å². The van der Waals surface area contributed by atoms with Crippen molar-refractivity contribution >= 4 is 17.8 Å². The van der Waals surface area contributed by atoms with E-state index in [1.54, 1.807) is 6.07 Å². The van der Waals surface area contributed by atoms with Gasteiger partial charge in [0, 0.05) is 25.3 Å². The number of amides is 2. The van der Waals surface area contributed by atoms with Crippen molar-refractivity contribution in [1.29, 1.82) is 0 Å². The first-order chi connectivity index (χ1) is 11.9. The van der Waals surface area contributed by atoms with Gasteiger partial charge in [-0.15, -0.1) is 0 Å². The summed E-state index contributed by atoms with van der Waals surface area (Å²) in [6, 6.07) is 3.59. The van der Waals surface area contributed by atoms with Crippen molar-refractivity contribution < 1.29 is 24.2 Å². The fourth-order valence-electron chi connectivity index (χ4n) is 3.49. The van der Waals surface area contributed by atoms with Gasteiger partial charge in [0.1, 0.15) is 11.2 Å². The molecule has 0 spiro atoms. The summed E-state index contributed by atoms with van der Waals surface area (Å²) < 4.78 is 5.60. The third kappa shape index (κ3) is 2.92. The minimum atomic E-state index is -1.23. The summed E-state index contributed by atoms with van der Waals surface area (Å²) in [4.78, 5) is 41.7. The number of carbonyl (C=O) groups excluding carboxylic acids is 2. The maximum absolute atomic E-state index is 12.4. The SMILES string of the molecule is CCc1nc(C)ccc1OCC(=O)N1C[C@H]2C(=O)NC[C@@]2(C(=O)O)C1. The van der Waals surface area contributed by atoms with Crippen molar-refractivity contribution in [3.63, 3.8) is 0 Å². The Hall–Kier alpha value is -2.64. The van der Waals surface area contributed by atoms with E-state index in [9.17, 15) is 19.5 Å². The number of likely N-dealkylation sites (tertiary alicyclic amines) is 1. The number of fused-ring (bicyclic) bond motifs is 1. The number of rotatable bonds is 5. The van der Waals surface area contributed by atoms with E-state index in [0.717, 1.165) is 11.4 Å². The highest BCUT2D eigenvalue weighted by molar-refractivity contribution is 5.94. The van der Waals surface area contributed by atoms with Crippen molar-refractivity contribution in [3.05, 3.63) is 23.5 Å². The van der Waals surface area contributed by atoms with Crippen LogP contribution in [0.1, 0.15) is 18.3 Å². The number of carbonyl (C=O) groups is 3. The zero-order valence-corrected chi connectivity index (χ0v) is 14.2. The van der Waals surface area contributed by atoms with Crippen LogP contribution in [0.3, 0.4) is 0 Å². The maximum atomic E-state index is 12.4. The lowest BCUT2D eigenvalue weighted by molar-refractivity contribution is -0.150. The lowest BCUT2D eigenvalue weighted by Gasteiger charge is -2.22. The number of hydrogen-bond donors (Lipinski definition) is 2. The molecule has 3 heterocycles. The largest absolute Gasteiger partial charge is 0.482 e. The molecule has 3 rings (SSSR count). The molecular formula is C17H21N3O5. The van der Waals surface area contributed by atoms with Crippen LogP contribution in [0.5, 0.6) is 5.75 Å². The Morgan fingerprint density at radius 1 is 1.48 bits per heavy atom. The quantitative estimate of drug-likeness (QED) is 0.775. The predicted octanol–water partition coefficient (Wildman–Crippen LogP) is -0.00958. The minimum Gasteiger partial charge on any atom is -0.482 e. The predicted molar refractivity (Wildman–Crippen MR) is 87.0 cm³/mol. The van der Waals surface area contributed by atoms with Gasteiger partial charge >= 0.3 is 5.97 Å². The van der Waals surface area contributed by atoms with Crippen molar-refractivity contribution in [2.45, 2.75) is 20.3 Å². The summed E-state index contributed by atoms with van der Waals surface area (Å²) in [5.41, 5.74) is 0.414. The zero-order valence-electron chi connectivity index (χ0n) is 14.2. The number of aromatic nitrogens is 1. The number of nitrogens with zero attached hydrogens (tertiary/aromatic N) is 2. The summed E-state index contributed by atoms with van der Waals surface area (Å²) >= 11 is 0. The summed E-state index contributed by atoms with van der Waals surface area (Å²) in [7, 11) is 0. The molecule has 2 atom stereocenters. The molecular weight excluding hydrogens is 326 g/mol. The van der Waals surface area contributed by atoms with Crippen LogP contribution >= 0.6 is 0 Å². The van der Waals surface area contributed by atoms with Crippen LogP contribution in [0, 0.1) is 18.3 Å². The average molecular weight is 347 g/mol. The second-order valence-corrected chi connectivity index (χ2v) is 6.55. The van der Waals surface area contributed by atoms with Gasteiger partial charge in [-0.05, 0) is 25.5 Å². The molecule has 2 N–H and O–H groups in total. The van der Waals surface area contributed by atoms with Crippen LogP contribution in [-0.2, 0) is 20.8 Å². The molecule has 25 heavy (non-hydrogen) atoms. The normalized spacial score (nSPS) is 24.8. The second-order valence-electron chi connectivity index (χ2n) is 6.55. The molecule has 0 radical (unpaired) electrons. The van der Waals surface area contributed by atoms with E-state index in [-0.39, 0.29) is 38.1 Å². The maximum Gasteiger partial charge on any atom is 0.314 e. The number of pyridine rings is 1. The summed E-state index contributed by atoms with van der Waals surface area (Å²) in [5.74, 6) is -1.85. The van der Waals surface area contributed by atoms with Crippen molar-refractivity contribution in [2.75, 3.05) is 26.2 Å². The number of nitrogens with one attached hydrogen (secondary N) is 1. The molecule has 2 saturated heterocycles. The number of ether oxygens (including phenoxy) is 1. The van der Waals surface area contributed by atoms with Crippen LogP contribution in [0.4, 0.5) is 0 Å². The molecule has 0 saturated carbocycles. The molecule has 0 aliphatic carbocycles. The van der Waals surface area contributed by atoms with Crippen LogP contribution in [0.15, 0.2) is 12.1 Å². The number of carboxylic acids is 1. The minimum absolute atomic E-state index is 0.0146. The summed E-state index contributed by atoms with van der Waals surface area (Å²) in [6.45, 7) is 3.80. The Labute approximate surface area is 145 Å². The van der Waals surface area contributed by atoms with Crippen molar-refractivity contribution in [3.8, 4) is 5.75 Å². The third-order valence-corrected chi connectivity index (χ3v) is 4.97. The molecule has 2 fully saturated rings. The van der Waals surface area contributed by atoms with Gasteiger partial charge < -0.3 is 20.1 Å². The summed E-state index contributed by atoms with van der Waals surface area (Å²) in [6.07, 6.45) is 0.680. The topological polar surface area (TPSA) is 109 Å². The van der Waals surface area contributed by atoms with Crippen LogP contribution < -0.4 is 10.1 Å². The van der Waals surface area contributed by atoms with Gasteiger partial charge in [-0.2, -0.15) is 0 Å². The fourth-order valence-corrected chi connectivity index (χ4v) is 3.49. The first-order valence-corrected chi connectivity index (χ1v) is 8.25. The van der Waals surface area contributed by atoms with E-state index in [0.29, 0.717) is 12.2 Å². The number of aryl methyl sites for hydroxylation is 2. The molecule has 0 aromatic carbocycles. The number of aliphatic carboxylic acids is 1. The Balaban J connectivity index is 1.67. The molecule has 8 nitrogen and oxygen atoms in total. The van der Waals surface area contributed by atoms with Crippen LogP contribution in [0.25, 0.3) is 0 Å². The molecule has 2 aliphatic rings. The molecule has 134 valence electrons. The van der Waals surface area contributed by atoms with E-state index in [1.807, 2.05) is 19.9 Å². The van der Waals surface area contributed by atoms with E-state index in [1.165, 1.54) is 4.90 Å². The van der Waals surface area contributed by atoms with E-state index < -0.39 is 17.3 Å². The standard InChI is InChI=1S/C17H21N3O5/c1-3-12-13(5-4-10(2)19-12)25-7-14(21)20-6-11-15(22)18-8-17(11,9-20)16(23)24/h4-5,11H,3,6-9H2,1-2H3,(H,18,22)(H,23,24)/t11-,17+/m0/s1. The van der Waals surface area contributed by atoms with E-state index in [2.05, 4.69) is 10.3 Å². The molecule has 8 heteroatoms. The first kappa shape index (κ1) is 17.2. The highest BCUT2D eigenvalue weighted by atomic mass is 16.5. The highest BCUT2D eigenvalue weighted by Gasteiger charge is 2.60. The Kier molecular flexibility index (Phi) is 4.36. The number of carboxylic acid groups (broad SMARTS) is 1. The van der Waals surface area contributed by atoms with Gasteiger partial charge in [0.25, 0.3) is 5.91 Å². The Morgan fingerprint density at radius 3 is 2.88 bits per heavy atom. The van der Waals surface area contributed by atoms with E-state index >= 15 is 0 Å². The Bertz CT molecular complexity index is 735. The molecule has 2 aliphatic heterocycles. The van der Waals surface area contributed by atoms with Gasteiger partial charge in [0.05, 0.1) is 11.6 Å². The van der Waals surface area contributed by atoms with Gasteiger partial charge in [-0.25, -0.2) is 0 Å². The summed E-state index contributed by atoms with van der Waals surface area (Å²) in [5, 5.41) is 12.1. The molecule has 2 amide bonds. The van der Waals surface area contributed by atoms with E-state index in [4.69, 9.17) is 4.74 Å². The third-order valence-electron chi connectivity index (χ3n) is 4.97. The second kappa shape index (κ2) is 6.34.